The number of hydrogen-bond donors (Lipinski definition) is 2. The average molecular weight is 264 g/mol. The molecular weight excluding hydrogens is 254 g/mol. The van der Waals surface area contributed by atoms with Crippen molar-refractivity contribution in [1.29, 1.82) is 5.41 Å². The molecule has 0 atom stereocenters. The lowest BCUT2D eigenvalue weighted by Gasteiger charge is -2.07. The molecule has 3 N–H and O–H groups in total. The molecule has 7 heteroatoms. The molecular formula is C12H10F2N4O. The van der Waals surface area contributed by atoms with Gasteiger partial charge in [-0.3, -0.25) is 5.41 Å². The van der Waals surface area contributed by atoms with Gasteiger partial charge in [-0.1, -0.05) is 6.07 Å². The first-order chi connectivity index (χ1) is 8.97. The molecule has 0 aliphatic heterocycles. The molecule has 5 nitrogen and oxygen atoms in total. The third-order valence-electron chi connectivity index (χ3n) is 2.23. The van der Waals surface area contributed by atoms with E-state index in [2.05, 4.69) is 9.97 Å². The zero-order valence-electron chi connectivity index (χ0n) is 9.95. The van der Waals surface area contributed by atoms with E-state index in [1.807, 2.05) is 0 Å². The van der Waals surface area contributed by atoms with Crippen molar-refractivity contribution in [3.05, 3.63) is 47.3 Å². The van der Waals surface area contributed by atoms with E-state index in [1.165, 1.54) is 18.2 Å². The van der Waals surface area contributed by atoms with Crippen LogP contribution in [0.4, 0.5) is 8.78 Å². The maximum absolute atomic E-state index is 13.4. The lowest BCUT2D eigenvalue weighted by Crippen LogP contribution is -2.14. The number of nitrogens with two attached hydrogens (primary N) is 1. The lowest BCUT2D eigenvalue weighted by molar-refractivity contribution is 0.392. The maximum Gasteiger partial charge on any atom is 0.322 e. The Morgan fingerprint density at radius 1 is 1.32 bits per heavy atom. The fourth-order valence-corrected chi connectivity index (χ4v) is 1.39. The fraction of sp³-hybridized carbons (Fsp3) is 0.0833. The predicted molar refractivity (Wildman–Crippen MR) is 64.2 cm³/mol. The number of rotatable bonds is 3. The third kappa shape index (κ3) is 2.82. The van der Waals surface area contributed by atoms with Crippen LogP contribution in [0.15, 0.2) is 24.3 Å². The summed E-state index contributed by atoms with van der Waals surface area (Å²) in [4.78, 5) is 7.73. The highest BCUT2D eigenvalue weighted by atomic mass is 19.2. The Bertz CT molecular complexity index is 646. The zero-order valence-corrected chi connectivity index (χ0v) is 9.95. The summed E-state index contributed by atoms with van der Waals surface area (Å²) in [6, 6.07) is 4.81. The topological polar surface area (TPSA) is 84.9 Å². The quantitative estimate of drug-likeness (QED) is 0.657. The van der Waals surface area contributed by atoms with Crippen LogP contribution in [0.1, 0.15) is 11.4 Å². The van der Waals surface area contributed by atoms with Gasteiger partial charge in [0.2, 0.25) is 5.82 Å². The Morgan fingerprint density at radius 2 is 2.05 bits per heavy atom. The molecule has 0 bridgehead atoms. The number of hydrogen-bond acceptors (Lipinski definition) is 4. The zero-order chi connectivity index (χ0) is 14.0. The summed E-state index contributed by atoms with van der Waals surface area (Å²) in [6.45, 7) is 1.64. The van der Waals surface area contributed by atoms with Crippen molar-refractivity contribution >= 4 is 5.84 Å². The van der Waals surface area contributed by atoms with E-state index in [0.717, 1.165) is 6.07 Å². The van der Waals surface area contributed by atoms with Crippen molar-refractivity contribution < 1.29 is 13.5 Å². The first-order valence-electron chi connectivity index (χ1n) is 5.29. The molecule has 0 aliphatic rings. The van der Waals surface area contributed by atoms with E-state index in [4.69, 9.17) is 15.9 Å². The number of nitrogens with zero attached hydrogens (tertiary/aromatic N) is 2. The number of halogens is 2. The summed E-state index contributed by atoms with van der Waals surface area (Å²) >= 11 is 0. The Morgan fingerprint density at radius 3 is 2.74 bits per heavy atom. The summed E-state index contributed by atoms with van der Waals surface area (Å²) in [5, 5.41) is 7.28. The molecule has 0 fully saturated rings. The number of amidine groups is 1. The van der Waals surface area contributed by atoms with Crippen LogP contribution < -0.4 is 10.5 Å². The largest absolute Gasteiger partial charge is 0.421 e. The van der Waals surface area contributed by atoms with E-state index < -0.39 is 11.6 Å². The van der Waals surface area contributed by atoms with Gasteiger partial charge >= 0.3 is 6.01 Å². The molecule has 1 aromatic carbocycles. The second kappa shape index (κ2) is 4.97. The number of ether oxygens (including phenoxy) is 1. The molecule has 0 unspecified atom stereocenters. The van der Waals surface area contributed by atoms with Gasteiger partial charge in [-0.2, -0.15) is 9.37 Å². The van der Waals surface area contributed by atoms with Crippen LogP contribution in [0.5, 0.6) is 11.8 Å². The number of nitrogen functional groups attached to an aromatic ring is 1. The lowest BCUT2D eigenvalue weighted by atomic mass is 10.3. The van der Waals surface area contributed by atoms with Crippen LogP contribution in [0.2, 0.25) is 0 Å². The van der Waals surface area contributed by atoms with E-state index >= 15 is 0 Å². The van der Waals surface area contributed by atoms with Crippen LogP contribution >= 0.6 is 0 Å². The Labute approximate surface area is 107 Å². The maximum atomic E-state index is 13.4. The molecule has 2 aromatic rings. The SMILES string of the molecule is Cc1cc(C(=N)N)nc(Oc2cccc(F)c2F)n1. The summed E-state index contributed by atoms with van der Waals surface area (Å²) in [7, 11) is 0. The van der Waals surface area contributed by atoms with Gasteiger partial charge in [-0.15, -0.1) is 0 Å². The summed E-state index contributed by atoms with van der Waals surface area (Å²) in [5.41, 5.74) is 5.95. The van der Waals surface area contributed by atoms with E-state index in [0.29, 0.717) is 5.69 Å². The molecule has 0 amide bonds. The van der Waals surface area contributed by atoms with Crippen molar-refractivity contribution in [2.45, 2.75) is 6.92 Å². The monoisotopic (exact) mass is 264 g/mol. The highest BCUT2D eigenvalue weighted by molar-refractivity contribution is 5.93. The second-order valence-electron chi connectivity index (χ2n) is 3.74. The van der Waals surface area contributed by atoms with E-state index in [1.54, 1.807) is 6.92 Å². The third-order valence-corrected chi connectivity index (χ3v) is 2.23. The highest BCUT2D eigenvalue weighted by Gasteiger charge is 2.12. The van der Waals surface area contributed by atoms with Crippen LogP contribution in [0, 0.1) is 24.0 Å². The minimum atomic E-state index is -1.13. The Hall–Kier alpha value is -2.57. The molecule has 2 rings (SSSR count). The number of aromatic nitrogens is 2. The van der Waals surface area contributed by atoms with Crippen LogP contribution in [0.3, 0.4) is 0 Å². The summed E-state index contributed by atoms with van der Waals surface area (Å²) in [5.74, 6) is -2.76. The first-order valence-corrected chi connectivity index (χ1v) is 5.29. The number of benzene rings is 1. The highest BCUT2D eigenvalue weighted by Crippen LogP contribution is 2.23. The van der Waals surface area contributed by atoms with Gasteiger partial charge in [-0.05, 0) is 25.1 Å². The first kappa shape index (κ1) is 12.9. The fourth-order valence-electron chi connectivity index (χ4n) is 1.39. The predicted octanol–water partition coefficient (Wildman–Crippen LogP) is 2.14. The van der Waals surface area contributed by atoms with Gasteiger partial charge in [0.05, 0.1) is 0 Å². The number of nitrogens with one attached hydrogen (secondary N) is 1. The Balaban J connectivity index is 2.38. The molecule has 1 heterocycles. The van der Waals surface area contributed by atoms with Gasteiger partial charge < -0.3 is 10.5 Å². The molecule has 0 spiro atoms. The smallest absolute Gasteiger partial charge is 0.322 e. The van der Waals surface area contributed by atoms with Gasteiger partial charge in [0.25, 0.3) is 0 Å². The minimum Gasteiger partial charge on any atom is -0.421 e. The van der Waals surface area contributed by atoms with Crippen molar-refractivity contribution in [3.63, 3.8) is 0 Å². The normalized spacial score (nSPS) is 10.3. The van der Waals surface area contributed by atoms with Gasteiger partial charge in [0.15, 0.2) is 11.6 Å². The molecule has 1 aromatic heterocycles. The van der Waals surface area contributed by atoms with E-state index in [-0.39, 0.29) is 23.3 Å². The van der Waals surface area contributed by atoms with Crippen molar-refractivity contribution in [1.82, 2.24) is 9.97 Å². The van der Waals surface area contributed by atoms with Crippen LogP contribution in [-0.2, 0) is 0 Å². The molecule has 0 aliphatic carbocycles. The van der Waals surface area contributed by atoms with Crippen molar-refractivity contribution in [3.8, 4) is 11.8 Å². The molecule has 0 saturated carbocycles. The standard InChI is InChI=1S/C12H10F2N4O/c1-6-5-8(11(15)16)18-12(17-6)19-9-4-2-3-7(13)10(9)14/h2-5H,1H3,(H3,15,16). The Kier molecular flexibility index (Phi) is 3.37. The van der Waals surface area contributed by atoms with E-state index in [9.17, 15) is 8.78 Å². The number of aryl methyl sites for hydroxylation is 1. The molecule has 0 saturated heterocycles. The molecule has 0 radical (unpaired) electrons. The van der Waals surface area contributed by atoms with Gasteiger partial charge in [0.1, 0.15) is 11.5 Å². The van der Waals surface area contributed by atoms with Crippen molar-refractivity contribution in [2.75, 3.05) is 0 Å². The summed E-state index contributed by atoms with van der Waals surface area (Å²) in [6.07, 6.45) is 0. The molecule has 19 heavy (non-hydrogen) atoms. The van der Waals surface area contributed by atoms with Gasteiger partial charge in [0, 0.05) is 5.69 Å². The summed E-state index contributed by atoms with van der Waals surface area (Å²) < 4.78 is 31.5. The van der Waals surface area contributed by atoms with Crippen LogP contribution in [0.25, 0.3) is 0 Å². The van der Waals surface area contributed by atoms with Crippen LogP contribution in [-0.4, -0.2) is 15.8 Å². The second-order valence-corrected chi connectivity index (χ2v) is 3.74. The molecule has 98 valence electrons. The minimum absolute atomic E-state index is 0.152. The van der Waals surface area contributed by atoms with Gasteiger partial charge in [-0.25, -0.2) is 9.37 Å². The average Bonchev–Trinajstić information content (AvgIpc) is 2.34. The van der Waals surface area contributed by atoms with Crippen molar-refractivity contribution in [2.24, 2.45) is 5.73 Å².